The van der Waals surface area contributed by atoms with Crippen LogP contribution >= 0.6 is 0 Å². The normalized spacial score (nSPS) is 25.8. The second kappa shape index (κ2) is 12.3. The van der Waals surface area contributed by atoms with E-state index < -0.39 is 41.3 Å². The Morgan fingerprint density at radius 2 is 1.37 bits per heavy atom. The number of alkyl halides is 5. The average Bonchev–Trinajstić information content (AvgIpc) is 2.75. The zero-order chi connectivity index (χ0) is 24.9. The topological polar surface area (TPSA) is 18.5 Å². The highest BCUT2D eigenvalue weighted by Gasteiger charge is 2.45. The lowest BCUT2D eigenvalue weighted by atomic mass is 9.68. The van der Waals surface area contributed by atoms with Gasteiger partial charge in [-0.1, -0.05) is 40.0 Å². The van der Waals surface area contributed by atoms with Crippen molar-refractivity contribution in [1.82, 2.24) is 0 Å². The summed E-state index contributed by atoms with van der Waals surface area (Å²) in [6.45, 7) is 2.19. The van der Waals surface area contributed by atoms with E-state index in [1.165, 1.54) is 25.7 Å². The average molecular weight is 513 g/mol. The van der Waals surface area contributed by atoms with E-state index in [9.17, 15) is 30.7 Å². The monoisotopic (exact) mass is 512 g/mol. The second-order valence-corrected chi connectivity index (χ2v) is 9.52. The van der Waals surface area contributed by atoms with Gasteiger partial charge in [-0.25, -0.2) is 8.78 Å². The van der Waals surface area contributed by atoms with Crippen molar-refractivity contribution < 1.29 is 40.2 Å². The molecule has 3 rings (SSSR count). The van der Waals surface area contributed by atoms with E-state index in [0.29, 0.717) is 36.8 Å². The van der Waals surface area contributed by atoms with Gasteiger partial charge in [0.05, 0.1) is 18.3 Å². The van der Waals surface area contributed by atoms with Crippen LogP contribution in [0.2, 0.25) is 0 Å². The summed E-state index contributed by atoms with van der Waals surface area (Å²) in [6, 6.07) is 0.961. The molecule has 2 saturated carbocycles. The first kappa shape index (κ1) is 29.3. The summed E-state index contributed by atoms with van der Waals surface area (Å²) in [5, 5.41) is 0. The number of benzene rings is 1. The Hall–Kier alpha value is -1.93. The van der Waals surface area contributed by atoms with Crippen molar-refractivity contribution in [2.75, 3.05) is 0 Å². The predicted molar refractivity (Wildman–Crippen MR) is 120 cm³/mol. The highest BCUT2D eigenvalue weighted by molar-refractivity contribution is 5.35. The highest BCUT2D eigenvalue weighted by Crippen LogP contribution is 2.46. The molecule has 35 heavy (non-hydrogen) atoms. The number of allylic oxidation sites excluding steroid dienone is 1. The van der Waals surface area contributed by atoms with Gasteiger partial charge >= 0.3 is 12.3 Å². The molecule has 0 unspecified atom stereocenters. The van der Waals surface area contributed by atoms with Crippen LogP contribution in [0.1, 0.15) is 78.6 Å². The van der Waals surface area contributed by atoms with Crippen molar-refractivity contribution >= 4 is 0 Å². The van der Waals surface area contributed by atoms with E-state index in [2.05, 4.69) is 16.4 Å². The Kier molecular flexibility index (Phi) is 10.3. The molecule has 0 radical (unpaired) electrons. The van der Waals surface area contributed by atoms with Crippen molar-refractivity contribution in [3.8, 4) is 11.5 Å². The molecule has 200 valence electrons. The quantitative estimate of drug-likeness (QED) is 0.255. The summed E-state index contributed by atoms with van der Waals surface area (Å²) < 4.78 is 103. The number of ether oxygens (including phenoxy) is 2. The molecular formula is C26H35F7O2. The van der Waals surface area contributed by atoms with E-state index in [1.807, 2.05) is 0 Å². The number of halogens is 7. The fourth-order valence-corrected chi connectivity index (χ4v) is 5.41. The van der Waals surface area contributed by atoms with E-state index in [4.69, 9.17) is 0 Å². The molecule has 2 aliphatic carbocycles. The smallest absolute Gasteiger partial charge is 0.412 e. The Bertz CT molecular complexity index is 798. The van der Waals surface area contributed by atoms with Gasteiger partial charge in [0.25, 0.3) is 0 Å². The van der Waals surface area contributed by atoms with Crippen molar-refractivity contribution in [2.24, 2.45) is 23.7 Å². The molecule has 1 aromatic carbocycles. The van der Waals surface area contributed by atoms with Crippen LogP contribution in [0.5, 0.6) is 11.5 Å². The van der Waals surface area contributed by atoms with Gasteiger partial charge in [-0.2, -0.15) is 22.0 Å². The minimum Gasteiger partial charge on any atom is -0.459 e. The van der Waals surface area contributed by atoms with Crippen LogP contribution in [0.3, 0.4) is 0 Å². The van der Waals surface area contributed by atoms with Crippen LogP contribution < -0.4 is 9.47 Å². The summed E-state index contributed by atoms with van der Waals surface area (Å²) in [4.78, 5) is 0. The molecule has 1 aromatic rings. The SMILES string of the molecule is C.CCCC1CCC(C2CCC(C(F)(F)Oc3cc(F)c(O/C=C\C(F)(F)F)c(F)c3)CC2)CC1. The summed E-state index contributed by atoms with van der Waals surface area (Å²) >= 11 is 0. The molecule has 9 heteroatoms. The Morgan fingerprint density at radius 1 is 0.857 bits per heavy atom. The third kappa shape index (κ3) is 8.31. The third-order valence-corrected chi connectivity index (χ3v) is 7.17. The minimum atomic E-state index is -4.73. The first-order valence-corrected chi connectivity index (χ1v) is 12.0. The molecule has 2 nitrogen and oxygen atoms in total. The van der Waals surface area contributed by atoms with E-state index in [0.717, 1.165) is 18.8 Å². The maximum atomic E-state index is 14.8. The van der Waals surface area contributed by atoms with Gasteiger partial charge in [-0.05, 0) is 56.3 Å². The van der Waals surface area contributed by atoms with Crippen molar-refractivity contribution in [3.63, 3.8) is 0 Å². The number of hydrogen-bond donors (Lipinski definition) is 0. The molecule has 0 saturated heterocycles. The van der Waals surface area contributed by atoms with Crippen LogP contribution in [-0.2, 0) is 0 Å². The molecule has 0 atom stereocenters. The standard InChI is InChI=1S/C25H31F7O2.CH4/c1-2-3-16-4-6-17(7-5-16)18-8-10-19(11-9-18)25(31,32)34-20-14-21(26)23(22(27)15-20)33-13-12-24(28,29)30;/h12-19H,2-11H2,1H3;1H4/b13-12-;. The third-order valence-electron chi connectivity index (χ3n) is 7.17. The van der Waals surface area contributed by atoms with Crippen molar-refractivity contribution in [3.05, 3.63) is 36.1 Å². The lowest BCUT2D eigenvalue weighted by molar-refractivity contribution is -0.224. The lowest BCUT2D eigenvalue weighted by Crippen LogP contribution is -2.38. The zero-order valence-corrected chi connectivity index (χ0v) is 19.2. The molecule has 0 aliphatic heterocycles. The van der Waals surface area contributed by atoms with Crippen LogP contribution in [0.4, 0.5) is 30.7 Å². The van der Waals surface area contributed by atoms with Crippen LogP contribution in [-0.4, -0.2) is 12.3 Å². The molecule has 2 fully saturated rings. The maximum absolute atomic E-state index is 14.8. The fraction of sp³-hybridized carbons (Fsp3) is 0.692. The lowest BCUT2D eigenvalue weighted by Gasteiger charge is -2.39. The molecule has 0 bridgehead atoms. The summed E-state index contributed by atoms with van der Waals surface area (Å²) in [7, 11) is 0. The zero-order valence-electron chi connectivity index (χ0n) is 19.2. The first-order valence-electron chi connectivity index (χ1n) is 12.0. The fourth-order valence-electron chi connectivity index (χ4n) is 5.41. The summed E-state index contributed by atoms with van der Waals surface area (Å²) in [5.41, 5.74) is 0. The van der Waals surface area contributed by atoms with Gasteiger partial charge in [0.2, 0.25) is 0 Å². The molecule has 0 aromatic heterocycles. The van der Waals surface area contributed by atoms with Crippen molar-refractivity contribution in [1.29, 1.82) is 0 Å². The predicted octanol–water partition coefficient (Wildman–Crippen LogP) is 9.44. The highest BCUT2D eigenvalue weighted by atomic mass is 19.4. The number of hydrogen-bond acceptors (Lipinski definition) is 2. The minimum absolute atomic E-state index is 0. The Balaban J connectivity index is 0.00000432. The van der Waals surface area contributed by atoms with E-state index >= 15 is 0 Å². The molecule has 0 heterocycles. The maximum Gasteiger partial charge on any atom is 0.412 e. The van der Waals surface area contributed by atoms with Gasteiger partial charge < -0.3 is 9.47 Å². The van der Waals surface area contributed by atoms with Crippen LogP contribution in [0.15, 0.2) is 24.5 Å². The summed E-state index contributed by atoms with van der Waals surface area (Å²) in [5.74, 6) is -4.06. The Morgan fingerprint density at radius 3 is 1.86 bits per heavy atom. The van der Waals surface area contributed by atoms with Crippen LogP contribution in [0, 0.1) is 35.3 Å². The van der Waals surface area contributed by atoms with Gasteiger partial charge in [0.1, 0.15) is 5.75 Å². The second-order valence-electron chi connectivity index (χ2n) is 9.52. The van der Waals surface area contributed by atoms with Gasteiger partial charge in [0.15, 0.2) is 17.4 Å². The molecule has 0 spiro atoms. The van der Waals surface area contributed by atoms with E-state index in [1.54, 1.807) is 0 Å². The first-order chi connectivity index (χ1) is 16.0. The molecule has 2 aliphatic rings. The molecule has 0 amide bonds. The van der Waals surface area contributed by atoms with Crippen LogP contribution in [0.25, 0.3) is 0 Å². The van der Waals surface area contributed by atoms with Gasteiger partial charge in [-0.3, -0.25) is 0 Å². The van der Waals surface area contributed by atoms with Crippen molar-refractivity contribution in [2.45, 2.75) is 90.8 Å². The van der Waals surface area contributed by atoms with Gasteiger partial charge in [0, 0.05) is 12.1 Å². The molecule has 0 N–H and O–H groups in total. The van der Waals surface area contributed by atoms with E-state index in [-0.39, 0.29) is 32.6 Å². The molecular weight excluding hydrogens is 477 g/mol. The number of rotatable bonds is 8. The Labute approximate surface area is 202 Å². The summed E-state index contributed by atoms with van der Waals surface area (Å²) in [6.07, 6.45) is 0.409. The largest absolute Gasteiger partial charge is 0.459 e. The van der Waals surface area contributed by atoms with Gasteiger partial charge in [-0.15, -0.1) is 0 Å².